The van der Waals surface area contributed by atoms with Crippen molar-refractivity contribution < 1.29 is 9.90 Å². The molecule has 0 fully saturated rings. The Morgan fingerprint density at radius 3 is 2.67 bits per heavy atom. The maximum absolute atomic E-state index is 13.1. The molecule has 0 radical (unpaired) electrons. The molecular formula is C32H41N5O3. The third-order valence-corrected chi connectivity index (χ3v) is 8.51. The lowest BCUT2D eigenvalue weighted by Crippen LogP contribution is -2.39. The molecule has 8 nitrogen and oxygen atoms in total. The van der Waals surface area contributed by atoms with Crippen molar-refractivity contribution in [3.63, 3.8) is 0 Å². The number of aliphatic hydroxyl groups is 1. The predicted molar refractivity (Wildman–Crippen MR) is 159 cm³/mol. The van der Waals surface area contributed by atoms with Crippen LogP contribution in [0.5, 0.6) is 0 Å². The maximum atomic E-state index is 13.1. The van der Waals surface area contributed by atoms with Gasteiger partial charge in [0.05, 0.1) is 11.4 Å². The minimum atomic E-state index is -0.823. The average Bonchev–Trinajstić information content (AvgIpc) is 3.31. The molecule has 1 aromatic carbocycles. The number of aromatic amines is 1. The van der Waals surface area contributed by atoms with Gasteiger partial charge in [-0.2, -0.15) is 0 Å². The number of hydrogen-bond acceptors (Lipinski definition) is 6. The van der Waals surface area contributed by atoms with Crippen molar-refractivity contribution in [2.45, 2.75) is 66.5 Å². The molecule has 2 heterocycles. The molecule has 8 heteroatoms. The number of ketones is 1. The van der Waals surface area contributed by atoms with Crippen LogP contribution in [0.2, 0.25) is 0 Å². The van der Waals surface area contributed by atoms with Gasteiger partial charge in [0, 0.05) is 60.4 Å². The summed E-state index contributed by atoms with van der Waals surface area (Å²) in [5.41, 5.74) is 6.56. The van der Waals surface area contributed by atoms with Crippen LogP contribution in [0, 0.1) is 25.2 Å². The Morgan fingerprint density at radius 2 is 1.98 bits per heavy atom. The van der Waals surface area contributed by atoms with Crippen LogP contribution < -0.4 is 10.7 Å². The minimum Gasteiger partial charge on any atom is -0.389 e. The summed E-state index contributed by atoms with van der Waals surface area (Å²) < 4.78 is 1.77. The quantitative estimate of drug-likeness (QED) is 0.346. The van der Waals surface area contributed by atoms with Gasteiger partial charge < -0.3 is 15.4 Å². The van der Waals surface area contributed by atoms with E-state index in [1.165, 1.54) is 0 Å². The van der Waals surface area contributed by atoms with Crippen LogP contribution in [0.15, 0.2) is 41.3 Å². The number of Topliss-reactive ketones (excluding diaryl/α,β-unsaturated/α-hetero) is 1. The highest BCUT2D eigenvalue weighted by atomic mass is 16.3. The molecule has 4 rings (SSSR count). The van der Waals surface area contributed by atoms with E-state index in [2.05, 4.69) is 58.7 Å². The smallest absolute Gasteiger partial charge is 0.193 e. The average molecular weight is 544 g/mol. The van der Waals surface area contributed by atoms with Crippen molar-refractivity contribution in [3.05, 3.63) is 91.7 Å². The molecule has 40 heavy (non-hydrogen) atoms. The van der Waals surface area contributed by atoms with Gasteiger partial charge in [-0.3, -0.25) is 9.59 Å². The van der Waals surface area contributed by atoms with Crippen LogP contribution in [-0.4, -0.2) is 37.5 Å². The van der Waals surface area contributed by atoms with Gasteiger partial charge in [-0.25, -0.2) is 4.68 Å². The molecule has 1 aliphatic rings. The van der Waals surface area contributed by atoms with Crippen LogP contribution in [0.1, 0.15) is 84.4 Å². The highest BCUT2D eigenvalue weighted by Gasteiger charge is 2.44. The lowest BCUT2D eigenvalue weighted by Gasteiger charge is -2.41. The largest absolute Gasteiger partial charge is 0.389 e. The van der Waals surface area contributed by atoms with Crippen molar-refractivity contribution in [1.82, 2.24) is 25.3 Å². The number of carbonyl (C=O) groups excluding carboxylic acids is 1. The zero-order valence-corrected chi connectivity index (χ0v) is 24.6. The fraction of sp³-hybridized carbons (Fsp3) is 0.438. The van der Waals surface area contributed by atoms with Crippen molar-refractivity contribution in [1.29, 1.82) is 0 Å². The number of aliphatic hydroxyl groups excluding tert-OH is 1. The molecule has 0 amide bonds. The van der Waals surface area contributed by atoms with Crippen molar-refractivity contribution in [3.8, 4) is 0 Å². The Bertz CT molecular complexity index is 1510. The fourth-order valence-electron chi connectivity index (χ4n) is 5.93. The number of pyridine rings is 1. The lowest BCUT2D eigenvalue weighted by atomic mass is 9.62. The van der Waals surface area contributed by atoms with Crippen LogP contribution >= 0.6 is 0 Å². The Morgan fingerprint density at radius 1 is 1.25 bits per heavy atom. The summed E-state index contributed by atoms with van der Waals surface area (Å²) in [6, 6.07) is 6.35. The monoisotopic (exact) mass is 543 g/mol. The normalized spacial score (nSPS) is 17.8. The number of nitrogens with zero attached hydrogens (tertiary/aromatic N) is 3. The number of hydrogen-bond donors (Lipinski definition) is 3. The topological polar surface area (TPSA) is 113 Å². The van der Waals surface area contributed by atoms with Crippen molar-refractivity contribution in [2.75, 3.05) is 6.61 Å². The zero-order valence-electron chi connectivity index (χ0n) is 24.6. The van der Waals surface area contributed by atoms with E-state index in [0.717, 1.165) is 33.8 Å². The van der Waals surface area contributed by atoms with Crippen LogP contribution in [0.4, 0.5) is 0 Å². The second kappa shape index (κ2) is 11.9. The SMILES string of the molecule is C/C=C\c1c(C)[nH]cc(CNCc2cc(C(C3C=Cc4c(nnn4C)C3C)C(C)(C)C(=O)CO)ccc2C)c1=O. The van der Waals surface area contributed by atoms with E-state index in [4.69, 9.17) is 0 Å². The first-order valence-corrected chi connectivity index (χ1v) is 13.9. The molecule has 0 bridgehead atoms. The second-order valence-electron chi connectivity index (χ2n) is 11.5. The van der Waals surface area contributed by atoms with Gasteiger partial charge in [-0.1, -0.05) is 62.4 Å². The predicted octanol–water partition coefficient (Wildman–Crippen LogP) is 4.56. The first kappa shape index (κ1) is 29.4. The van der Waals surface area contributed by atoms with Gasteiger partial charge in [0.15, 0.2) is 11.2 Å². The van der Waals surface area contributed by atoms with Crippen molar-refractivity contribution in [2.24, 2.45) is 18.4 Å². The summed E-state index contributed by atoms with van der Waals surface area (Å²) in [6.07, 6.45) is 9.70. The summed E-state index contributed by atoms with van der Waals surface area (Å²) in [5.74, 6) is -0.378. The third kappa shape index (κ3) is 5.51. The van der Waals surface area contributed by atoms with E-state index < -0.39 is 12.0 Å². The summed E-state index contributed by atoms with van der Waals surface area (Å²) in [5, 5.41) is 22.0. The zero-order chi connectivity index (χ0) is 29.2. The Balaban J connectivity index is 1.65. The summed E-state index contributed by atoms with van der Waals surface area (Å²) in [6.45, 7) is 12.3. The first-order valence-electron chi connectivity index (χ1n) is 13.9. The molecule has 0 saturated heterocycles. The highest BCUT2D eigenvalue weighted by Crippen LogP contribution is 2.49. The molecule has 3 N–H and O–H groups in total. The standard InChI is InChI=1S/C32H41N5O3/c1-8-9-26-21(4)34-17-24(31(26)40)16-33-15-23-14-22(11-10-19(23)2)29(32(5,6)28(39)18-38)25-12-13-27-30(20(25)3)35-36-37(27)7/h8-14,17,20,25,29,33,38H,15-16,18H2,1-7H3,(H,34,40)/b9-8-. The van der Waals surface area contributed by atoms with E-state index >= 15 is 0 Å². The van der Waals surface area contributed by atoms with E-state index in [9.17, 15) is 14.7 Å². The Hall–Kier alpha value is -3.62. The van der Waals surface area contributed by atoms with Crippen LogP contribution in [0.25, 0.3) is 12.2 Å². The fourth-order valence-corrected chi connectivity index (χ4v) is 5.93. The van der Waals surface area contributed by atoms with Gasteiger partial charge in [-0.05, 0) is 49.5 Å². The molecule has 3 unspecified atom stereocenters. The number of aryl methyl sites for hydroxylation is 3. The first-order chi connectivity index (χ1) is 19.0. The number of benzene rings is 1. The number of nitrogens with one attached hydrogen (secondary N) is 2. The van der Waals surface area contributed by atoms with E-state index in [-0.39, 0.29) is 29.0 Å². The number of aromatic nitrogens is 4. The third-order valence-electron chi connectivity index (χ3n) is 8.51. The molecule has 0 spiro atoms. The summed E-state index contributed by atoms with van der Waals surface area (Å²) in [4.78, 5) is 29.3. The molecule has 0 saturated carbocycles. The number of rotatable bonds is 10. The number of carbonyl (C=O) groups is 1. The van der Waals surface area contributed by atoms with E-state index in [0.29, 0.717) is 24.2 Å². The van der Waals surface area contributed by atoms with Gasteiger partial charge in [0.25, 0.3) is 0 Å². The molecule has 212 valence electrons. The van der Waals surface area contributed by atoms with E-state index in [1.807, 2.05) is 53.0 Å². The highest BCUT2D eigenvalue weighted by molar-refractivity contribution is 5.86. The van der Waals surface area contributed by atoms with Gasteiger partial charge in [0.2, 0.25) is 0 Å². The molecule has 1 aliphatic carbocycles. The molecular weight excluding hydrogens is 502 g/mol. The van der Waals surface area contributed by atoms with Gasteiger partial charge in [0.1, 0.15) is 6.61 Å². The summed E-state index contributed by atoms with van der Waals surface area (Å²) >= 11 is 0. The molecule has 2 aromatic heterocycles. The van der Waals surface area contributed by atoms with Crippen molar-refractivity contribution >= 4 is 17.9 Å². The van der Waals surface area contributed by atoms with Gasteiger partial charge >= 0.3 is 0 Å². The molecule has 0 aliphatic heterocycles. The lowest BCUT2D eigenvalue weighted by molar-refractivity contribution is -0.131. The minimum absolute atomic E-state index is 0.0191. The number of allylic oxidation sites excluding steroid dienone is 2. The maximum Gasteiger partial charge on any atom is 0.193 e. The van der Waals surface area contributed by atoms with Crippen LogP contribution in [0.3, 0.4) is 0 Å². The van der Waals surface area contributed by atoms with Gasteiger partial charge in [-0.15, -0.1) is 5.10 Å². The van der Waals surface area contributed by atoms with Crippen LogP contribution in [-0.2, 0) is 24.9 Å². The summed E-state index contributed by atoms with van der Waals surface area (Å²) in [7, 11) is 1.88. The molecule has 3 aromatic rings. The molecule has 3 atom stereocenters. The second-order valence-corrected chi connectivity index (χ2v) is 11.5. The number of H-pyrrole nitrogens is 1. The Labute approximate surface area is 236 Å². The van der Waals surface area contributed by atoms with E-state index in [1.54, 1.807) is 10.9 Å². The Kier molecular flexibility index (Phi) is 8.71. The number of fused-ring (bicyclic) bond motifs is 1.